The highest BCUT2D eigenvalue weighted by atomic mass is 16.5. The van der Waals surface area contributed by atoms with E-state index < -0.39 is 5.97 Å². The van der Waals surface area contributed by atoms with Crippen molar-refractivity contribution in [1.82, 2.24) is 19.9 Å². The normalized spacial score (nSPS) is 15.9. The molecule has 17 heavy (non-hydrogen) atoms. The number of aromatic carboxylic acids is 1. The Balaban J connectivity index is 2.02. The number of carbonyl (C=O) groups excluding carboxylic acids is 1. The zero-order chi connectivity index (χ0) is 12.3. The third-order valence-electron chi connectivity index (χ3n) is 2.49. The molecule has 0 atom stereocenters. The molecule has 1 aliphatic heterocycles. The molecule has 1 aromatic rings. The number of morpholine rings is 1. The summed E-state index contributed by atoms with van der Waals surface area (Å²) in [4.78, 5) is 24.2. The van der Waals surface area contributed by atoms with Crippen LogP contribution in [0.1, 0.15) is 10.5 Å². The van der Waals surface area contributed by atoms with E-state index >= 15 is 0 Å². The number of carbonyl (C=O) groups is 2. The maximum absolute atomic E-state index is 11.8. The van der Waals surface area contributed by atoms with E-state index in [9.17, 15) is 9.59 Å². The average Bonchev–Trinajstić information content (AvgIpc) is 2.78. The smallest absolute Gasteiger partial charge is 0.355 e. The molecule has 0 radical (unpaired) electrons. The Morgan fingerprint density at radius 3 is 2.76 bits per heavy atom. The molecule has 0 saturated carbocycles. The van der Waals surface area contributed by atoms with Crippen LogP contribution in [0.15, 0.2) is 6.20 Å². The van der Waals surface area contributed by atoms with Gasteiger partial charge in [-0.25, -0.2) is 9.48 Å². The first-order chi connectivity index (χ1) is 8.18. The molecule has 1 saturated heterocycles. The van der Waals surface area contributed by atoms with E-state index in [-0.39, 0.29) is 18.1 Å². The van der Waals surface area contributed by atoms with Gasteiger partial charge in [0.25, 0.3) is 0 Å². The fourth-order valence-corrected chi connectivity index (χ4v) is 1.58. The number of ether oxygens (including phenoxy) is 1. The van der Waals surface area contributed by atoms with Crippen molar-refractivity contribution >= 4 is 11.9 Å². The number of rotatable bonds is 3. The van der Waals surface area contributed by atoms with Crippen LogP contribution in [0.25, 0.3) is 0 Å². The molecule has 0 aromatic carbocycles. The third kappa shape index (κ3) is 2.59. The number of carboxylic acid groups (broad SMARTS) is 1. The molecule has 0 aliphatic carbocycles. The van der Waals surface area contributed by atoms with Crippen molar-refractivity contribution in [1.29, 1.82) is 0 Å². The second-order valence-electron chi connectivity index (χ2n) is 3.58. The molecule has 1 N–H and O–H groups in total. The fraction of sp³-hybridized carbons (Fsp3) is 0.556. The zero-order valence-corrected chi connectivity index (χ0v) is 9.07. The molecule has 2 rings (SSSR count). The van der Waals surface area contributed by atoms with Crippen molar-refractivity contribution in [3.8, 4) is 0 Å². The van der Waals surface area contributed by atoms with Gasteiger partial charge in [0, 0.05) is 13.1 Å². The summed E-state index contributed by atoms with van der Waals surface area (Å²) in [5.41, 5.74) is -0.0911. The average molecular weight is 240 g/mol. The number of nitrogens with zero attached hydrogens (tertiary/aromatic N) is 4. The lowest BCUT2D eigenvalue weighted by molar-refractivity contribution is -0.136. The Morgan fingerprint density at radius 2 is 2.12 bits per heavy atom. The van der Waals surface area contributed by atoms with E-state index in [1.807, 2.05) is 0 Å². The van der Waals surface area contributed by atoms with Gasteiger partial charge in [-0.15, -0.1) is 5.10 Å². The number of carboxylic acids is 1. The van der Waals surface area contributed by atoms with Crippen LogP contribution in [-0.2, 0) is 16.1 Å². The molecule has 0 unspecified atom stereocenters. The van der Waals surface area contributed by atoms with Gasteiger partial charge >= 0.3 is 5.97 Å². The van der Waals surface area contributed by atoms with Crippen LogP contribution in [-0.4, -0.2) is 63.2 Å². The first kappa shape index (κ1) is 11.5. The highest BCUT2D eigenvalue weighted by molar-refractivity contribution is 5.86. The van der Waals surface area contributed by atoms with Crippen molar-refractivity contribution in [2.24, 2.45) is 0 Å². The van der Waals surface area contributed by atoms with Gasteiger partial charge in [0.15, 0.2) is 5.69 Å². The van der Waals surface area contributed by atoms with Gasteiger partial charge in [0.2, 0.25) is 5.91 Å². The van der Waals surface area contributed by atoms with Gasteiger partial charge in [0.1, 0.15) is 6.54 Å². The first-order valence-corrected chi connectivity index (χ1v) is 5.16. The zero-order valence-electron chi connectivity index (χ0n) is 9.07. The highest BCUT2D eigenvalue weighted by Gasteiger charge is 2.20. The van der Waals surface area contributed by atoms with Crippen molar-refractivity contribution in [3.63, 3.8) is 0 Å². The van der Waals surface area contributed by atoms with E-state index in [0.717, 1.165) is 10.9 Å². The van der Waals surface area contributed by atoms with Gasteiger partial charge in [-0.2, -0.15) is 0 Å². The van der Waals surface area contributed by atoms with Gasteiger partial charge in [0.05, 0.1) is 19.4 Å². The molecule has 0 bridgehead atoms. The number of amides is 1. The van der Waals surface area contributed by atoms with E-state index in [1.54, 1.807) is 4.90 Å². The van der Waals surface area contributed by atoms with Gasteiger partial charge in [-0.3, -0.25) is 4.79 Å². The standard InChI is InChI=1S/C9H12N4O4/c14-8(12-1-3-17-4-2-12)6-13-7(9(15)16)5-10-11-13/h5H,1-4,6H2,(H,15,16). The summed E-state index contributed by atoms with van der Waals surface area (Å²) in [6, 6.07) is 0. The van der Waals surface area contributed by atoms with Crippen molar-refractivity contribution in [2.45, 2.75) is 6.54 Å². The van der Waals surface area contributed by atoms with Crippen LogP contribution in [0.5, 0.6) is 0 Å². The Morgan fingerprint density at radius 1 is 1.41 bits per heavy atom. The number of aromatic nitrogens is 3. The summed E-state index contributed by atoms with van der Waals surface area (Å²) in [6.07, 6.45) is 1.12. The second-order valence-corrected chi connectivity index (χ2v) is 3.58. The fourth-order valence-electron chi connectivity index (χ4n) is 1.58. The topological polar surface area (TPSA) is 97.5 Å². The SMILES string of the molecule is O=C(O)c1cnnn1CC(=O)N1CCOCC1. The lowest BCUT2D eigenvalue weighted by Gasteiger charge is -2.26. The summed E-state index contributed by atoms with van der Waals surface area (Å²) in [7, 11) is 0. The second kappa shape index (κ2) is 4.91. The summed E-state index contributed by atoms with van der Waals surface area (Å²) < 4.78 is 6.21. The molecule has 8 nitrogen and oxygen atoms in total. The lowest BCUT2D eigenvalue weighted by Crippen LogP contribution is -2.42. The highest BCUT2D eigenvalue weighted by Crippen LogP contribution is 2.01. The Hall–Kier alpha value is -1.96. The quantitative estimate of drug-likeness (QED) is 0.715. The number of hydrogen-bond donors (Lipinski definition) is 1. The van der Waals surface area contributed by atoms with Crippen LogP contribution in [0.4, 0.5) is 0 Å². The first-order valence-electron chi connectivity index (χ1n) is 5.16. The van der Waals surface area contributed by atoms with Crippen LogP contribution in [0, 0.1) is 0 Å². The molecular weight excluding hydrogens is 228 g/mol. The van der Waals surface area contributed by atoms with Gasteiger partial charge in [-0.05, 0) is 0 Å². The lowest BCUT2D eigenvalue weighted by atomic mass is 10.4. The maximum Gasteiger partial charge on any atom is 0.355 e. The van der Waals surface area contributed by atoms with E-state index in [0.29, 0.717) is 26.3 Å². The largest absolute Gasteiger partial charge is 0.476 e. The molecule has 92 valence electrons. The van der Waals surface area contributed by atoms with E-state index in [2.05, 4.69) is 10.3 Å². The molecule has 8 heteroatoms. The Kier molecular flexibility index (Phi) is 3.33. The minimum Gasteiger partial charge on any atom is -0.476 e. The minimum absolute atomic E-state index is 0.0911. The molecule has 1 aromatic heterocycles. The summed E-state index contributed by atoms with van der Waals surface area (Å²) in [5.74, 6) is -1.33. The predicted molar refractivity (Wildman–Crippen MR) is 54.4 cm³/mol. The summed E-state index contributed by atoms with van der Waals surface area (Å²) in [5, 5.41) is 15.9. The van der Waals surface area contributed by atoms with Crippen LogP contribution >= 0.6 is 0 Å². The van der Waals surface area contributed by atoms with Crippen molar-refractivity contribution < 1.29 is 19.4 Å². The predicted octanol–water partition coefficient (Wildman–Crippen LogP) is -1.16. The van der Waals surface area contributed by atoms with Gasteiger partial charge in [-0.1, -0.05) is 5.21 Å². The van der Waals surface area contributed by atoms with Crippen molar-refractivity contribution in [3.05, 3.63) is 11.9 Å². The number of hydrogen-bond acceptors (Lipinski definition) is 5. The monoisotopic (exact) mass is 240 g/mol. The molecule has 0 spiro atoms. The molecule has 1 aliphatic rings. The minimum atomic E-state index is -1.15. The maximum atomic E-state index is 11.8. The third-order valence-corrected chi connectivity index (χ3v) is 2.49. The molecule has 1 amide bonds. The van der Waals surface area contributed by atoms with E-state index in [4.69, 9.17) is 9.84 Å². The van der Waals surface area contributed by atoms with Gasteiger partial charge < -0.3 is 14.7 Å². The Bertz CT molecular complexity index is 424. The van der Waals surface area contributed by atoms with Crippen LogP contribution < -0.4 is 0 Å². The molecule has 1 fully saturated rings. The van der Waals surface area contributed by atoms with Crippen LogP contribution in [0.3, 0.4) is 0 Å². The summed E-state index contributed by atoms with van der Waals surface area (Å²) in [6.45, 7) is 1.96. The summed E-state index contributed by atoms with van der Waals surface area (Å²) >= 11 is 0. The molecular formula is C9H12N4O4. The van der Waals surface area contributed by atoms with Crippen LogP contribution in [0.2, 0.25) is 0 Å². The van der Waals surface area contributed by atoms with Crippen molar-refractivity contribution in [2.75, 3.05) is 26.3 Å². The molecule has 2 heterocycles. The van der Waals surface area contributed by atoms with E-state index in [1.165, 1.54) is 0 Å². The Labute approximate surface area is 96.8 Å².